The molecule has 37 heavy (non-hydrogen) atoms. The maximum absolute atomic E-state index is 10.5. The first-order valence-electron chi connectivity index (χ1n) is 9.84. The van der Waals surface area contributed by atoms with Gasteiger partial charge in [-0.05, 0) is 24.3 Å². The van der Waals surface area contributed by atoms with E-state index in [0.29, 0.717) is 0 Å². The molecule has 0 aromatic heterocycles. The molecule has 0 fully saturated rings. The Morgan fingerprint density at radius 2 is 1.05 bits per heavy atom. The highest BCUT2D eigenvalue weighted by Gasteiger charge is 2.12. The van der Waals surface area contributed by atoms with E-state index in [1.165, 1.54) is 24.3 Å². The third-order valence-electron chi connectivity index (χ3n) is 3.60. The van der Waals surface area contributed by atoms with E-state index in [1.54, 1.807) is 12.1 Å². The molecule has 17 heteroatoms. The van der Waals surface area contributed by atoms with Gasteiger partial charge in [-0.25, -0.2) is 9.78 Å². The summed E-state index contributed by atoms with van der Waals surface area (Å²) in [5, 5.41) is 0. The Hall–Kier alpha value is -3.42. The molecule has 15 nitrogen and oxygen atoms in total. The molecule has 0 atom stereocenters. The van der Waals surface area contributed by atoms with E-state index in [9.17, 15) is 16.8 Å². The molecule has 0 amide bonds. The first kappa shape index (κ1) is 29.8. The monoisotopic (exact) mass is 566 g/mol. The highest BCUT2D eigenvalue weighted by Crippen LogP contribution is 2.37. The van der Waals surface area contributed by atoms with Crippen molar-refractivity contribution in [1.82, 2.24) is 0 Å². The lowest BCUT2D eigenvalue weighted by molar-refractivity contribution is -0.211. The average molecular weight is 567 g/mol. The van der Waals surface area contributed by atoms with Crippen LogP contribution in [0.3, 0.4) is 0 Å². The van der Waals surface area contributed by atoms with E-state index in [2.05, 4.69) is 31.6 Å². The van der Waals surface area contributed by atoms with Gasteiger partial charge in [0.05, 0.1) is 12.5 Å². The molecule has 0 saturated heterocycles. The van der Waals surface area contributed by atoms with Gasteiger partial charge in [-0.15, -0.1) is 0 Å². The number of benzene rings is 2. The molecule has 0 spiro atoms. The summed E-state index contributed by atoms with van der Waals surface area (Å²) >= 11 is 0. The minimum absolute atomic E-state index is 0.173. The summed E-state index contributed by atoms with van der Waals surface area (Å²) in [4.78, 5) is 8.61. The van der Waals surface area contributed by atoms with E-state index in [0.717, 1.165) is 12.5 Å². The summed E-state index contributed by atoms with van der Waals surface area (Å²) in [7, 11) is -9.52. The van der Waals surface area contributed by atoms with Crippen LogP contribution in [-0.4, -0.2) is 52.4 Å². The number of hydrogen-bond donors (Lipinski definition) is 2. The molecule has 0 unspecified atom stereocenters. The van der Waals surface area contributed by atoms with Crippen molar-refractivity contribution in [3.63, 3.8) is 0 Å². The molecule has 0 aliphatic rings. The minimum atomic E-state index is -4.76. The van der Waals surface area contributed by atoms with Crippen LogP contribution in [0.2, 0.25) is 0 Å². The Bertz CT molecular complexity index is 1160. The fourth-order valence-electron chi connectivity index (χ4n) is 2.40. The lowest BCUT2D eigenvalue weighted by atomic mass is 10.2. The summed E-state index contributed by atoms with van der Waals surface area (Å²) in [6.07, 6.45) is 2.32. The average Bonchev–Trinajstić information content (AvgIpc) is 2.80. The van der Waals surface area contributed by atoms with Crippen LogP contribution >= 0.6 is 0 Å². The molecule has 2 aromatic rings. The molecule has 0 aliphatic carbocycles. The van der Waals surface area contributed by atoms with Crippen molar-refractivity contribution in [3.05, 3.63) is 62.1 Å². The van der Waals surface area contributed by atoms with Crippen molar-refractivity contribution in [3.8, 4) is 34.5 Å². The Morgan fingerprint density at radius 3 is 1.41 bits per heavy atom. The minimum Gasteiger partial charge on any atom is -0.487 e. The van der Waals surface area contributed by atoms with Crippen molar-refractivity contribution in [2.75, 3.05) is 26.4 Å². The van der Waals surface area contributed by atoms with Crippen LogP contribution in [0.15, 0.2) is 62.1 Å². The molecule has 0 heterocycles. The predicted molar refractivity (Wildman–Crippen MR) is 123 cm³/mol. The van der Waals surface area contributed by atoms with Gasteiger partial charge < -0.3 is 23.7 Å². The van der Waals surface area contributed by atoms with Gasteiger partial charge in [-0.2, -0.15) is 16.8 Å². The van der Waals surface area contributed by atoms with E-state index in [4.69, 9.17) is 32.8 Å². The largest absolute Gasteiger partial charge is 0.487 e. The lowest BCUT2D eigenvalue weighted by Crippen LogP contribution is -2.11. The molecule has 204 valence electrons. The second kappa shape index (κ2) is 14.4. The van der Waals surface area contributed by atoms with Crippen LogP contribution in [0.5, 0.6) is 34.5 Å². The molecule has 2 aromatic carbocycles. The Balaban J connectivity index is 2.09. The molecule has 0 aliphatic heterocycles. The smallest absolute Gasteiger partial charge is 0.424 e. The summed E-state index contributed by atoms with van der Waals surface area (Å²) in [5.74, 6) is 1.43. The van der Waals surface area contributed by atoms with Crippen molar-refractivity contribution in [1.29, 1.82) is 0 Å². The quantitative estimate of drug-likeness (QED) is 0.0879. The summed E-state index contributed by atoms with van der Waals surface area (Å²) in [6.45, 7) is 5.83. The van der Waals surface area contributed by atoms with Crippen LogP contribution < -0.4 is 23.7 Å². The number of ether oxygens (including phenoxy) is 5. The third-order valence-corrected chi connectivity index (χ3v) is 4.14. The molecular formula is C20H22O15S2. The van der Waals surface area contributed by atoms with Crippen LogP contribution in [0.25, 0.3) is 0 Å². The second-order valence-corrected chi connectivity index (χ2v) is 8.20. The van der Waals surface area contributed by atoms with Gasteiger partial charge >= 0.3 is 20.8 Å². The Labute approximate surface area is 212 Å². The molecule has 2 N–H and O–H groups in total. The molecule has 2 rings (SSSR count). The predicted octanol–water partition coefficient (Wildman–Crippen LogP) is 2.78. The number of hydrogen-bond acceptors (Lipinski definition) is 13. The van der Waals surface area contributed by atoms with Crippen LogP contribution in [0.4, 0.5) is 0 Å². The van der Waals surface area contributed by atoms with Crippen molar-refractivity contribution in [2.45, 2.75) is 0 Å². The van der Waals surface area contributed by atoms with Gasteiger partial charge in [-0.1, -0.05) is 21.8 Å². The zero-order valence-electron chi connectivity index (χ0n) is 18.9. The molecule has 0 saturated carbocycles. The summed E-state index contributed by atoms with van der Waals surface area (Å²) in [5.41, 5.74) is 0. The fraction of sp³-hybridized carbons (Fsp3) is 0.200. The van der Waals surface area contributed by atoms with E-state index < -0.39 is 20.8 Å². The molecular weight excluding hydrogens is 544 g/mol. The summed E-state index contributed by atoms with van der Waals surface area (Å²) in [6, 6.07) is 9.05. The van der Waals surface area contributed by atoms with Gasteiger partial charge in [0.15, 0.2) is 23.0 Å². The van der Waals surface area contributed by atoms with Gasteiger partial charge in [0.2, 0.25) is 0 Å². The lowest BCUT2D eigenvalue weighted by Gasteiger charge is -2.14. The van der Waals surface area contributed by atoms with Crippen molar-refractivity contribution >= 4 is 20.8 Å². The van der Waals surface area contributed by atoms with E-state index in [-0.39, 0.29) is 60.9 Å². The first-order valence-corrected chi connectivity index (χ1v) is 12.6. The van der Waals surface area contributed by atoms with Crippen LogP contribution in [0, 0.1) is 0 Å². The second-order valence-electron chi connectivity index (χ2n) is 6.22. The molecule has 0 radical (unpaired) electrons. The van der Waals surface area contributed by atoms with Crippen molar-refractivity contribution in [2.24, 2.45) is 0 Å². The zero-order chi connectivity index (χ0) is 27.3. The SMILES string of the molecule is C=COc1ccc(Oc2ccc(OC=C)c(OCCOOS(=O)(=O)O)c2)cc1OCCOOS(=O)(=O)O. The highest BCUT2D eigenvalue weighted by molar-refractivity contribution is 7.81. The Morgan fingerprint density at radius 1 is 0.649 bits per heavy atom. The maximum Gasteiger partial charge on any atom is 0.424 e. The van der Waals surface area contributed by atoms with Gasteiger partial charge in [0.25, 0.3) is 0 Å². The maximum atomic E-state index is 10.5. The summed E-state index contributed by atoms with van der Waals surface area (Å²) < 4.78 is 93.6. The highest BCUT2D eigenvalue weighted by atomic mass is 32.3. The number of rotatable bonds is 18. The van der Waals surface area contributed by atoms with E-state index in [1.807, 2.05) is 0 Å². The zero-order valence-corrected chi connectivity index (χ0v) is 20.5. The van der Waals surface area contributed by atoms with Gasteiger partial charge in [0, 0.05) is 12.1 Å². The normalized spacial score (nSPS) is 11.4. The molecule has 0 bridgehead atoms. The third kappa shape index (κ3) is 11.9. The first-order chi connectivity index (χ1) is 17.5. The van der Waals surface area contributed by atoms with Gasteiger partial charge in [-0.3, -0.25) is 9.11 Å². The standard InChI is InChI=1S/C20H22O15S2/c1-3-27-17-7-5-15(13-19(17)29-9-11-31-34-36(21,22)23)33-16-6-8-18(28-4-2)20(14-16)30-10-12-32-35-37(24,25)26/h3-8,13-14H,1-2,9-12H2,(H,21,22,23)(H,24,25,26). The van der Waals surface area contributed by atoms with Gasteiger partial charge in [0.1, 0.15) is 37.9 Å². The van der Waals surface area contributed by atoms with Crippen LogP contribution in [0.1, 0.15) is 0 Å². The van der Waals surface area contributed by atoms with Crippen molar-refractivity contribution < 1.29 is 68.1 Å². The topological polar surface area (TPSA) is 192 Å². The van der Waals surface area contributed by atoms with Crippen LogP contribution in [-0.2, 0) is 39.2 Å². The fourth-order valence-corrected chi connectivity index (χ4v) is 2.78. The Kier molecular flexibility index (Phi) is 11.6. The van der Waals surface area contributed by atoms with E-state index >= 15 is 0 Å².